The SMILES string of the molecule is COc1ccc(N(CCCN)C2CCC(C)CC2)cc1. The summed E-state index contributed by atoms with van der Waals surface area (Å²) in [6.45, 7) is 4.19. The van der Waals surface area contributed by atoms with E-state index in [1.54, 1.807) is 7.11 Å². The van der Waals surface area contributed by atoms with Crippen molar-refractivity contribution in [2.45, 2.75) is 45.1 Å². The van der Waals surface area contributed by atoms with Gasteiger partial charge >= 0.3 is 0 Å². The number of rotatable bonds is 6. The Balaban J connectivity index is 2.08. The van der Waals surface area contributed by atoms with E-state index in [4.69, 9.17) is 10.5 Å². The highest BCUT2D eigenvalue weighted by Crippen LogP contribution is 2.31. The van der Waals surface area contributed by atoms with Crippen LogP contribution in [0.2, 0.25) is 0 Å². The van der Waals surface area contributed by atoms with Crippen molar-refractivity contribution in [2.75, 3.05) is 25.1 Å². The van der Waals surface area contributed by atoms with Crippen molar-refractivity contribution in [1.29, 1.82) is 0 Å². The number of nitrogens with two attached hydrogens (primary N) is 1. The van der Waals surface area contributed by atoms with E-state index < -0.39 is 0 Å². The quantitative estimate of drug-likeness (QED) is 0.865. The van der Waals surface area contributed by atoms with E-state index in [1.807, 2.05) is 0 Å². The van der Waals surface area contributed by atoms with Gasteiger partial charge in [-0.05, 0) is 68.8 Å². The summed E-state index contributed by atoms with van der Waals surface area (Å²) >= 11 is 0. The monoisotopic (exact) mass is 276 g/mol. The molecule has 1 aromatic carbocycles. The first-order chi connectivity index (χ1) is 9.74. The van der Waals surface area contributed by atoms with Crippen LogP contribution in [0.1, 0.15) is 39.0 Å². The van der Waals surface area contributed by atoms with Crippen molar-refractivity contribution < 1.29 is 4.74 Å². The fraction of sp³-hybridized carbons (Fsp3) is 0.647. The highest BCUT2D eigenvalue weighted by Gasteiger charge is 2.23. The second-order valence-electron chi connectivity index (χ2n) is 5.95. The van der Waals surface area contributed by atoms with Crippen molar-refractivity contribution in [3.8, 4) is 5.75 Å². The zero-order valence-electron chi connectivity index (χ0n) is 12.8. The first-order valence-corrected chi connectivity index (χ1v) is 7.85. The molecule has 2 rings (SSSR count). The van der Waals surface area contributed by atoms with Gasteiger partial charge in [0.1, 0.15) is 5.75 Å². The van der Waals surface area contributed by atoms with E-state index in [0.717, 1.165) is 31.2 Å². The summed E-state index contributed by atoms with van der Waals surface area (Å²) in [6, 6.07) is 9.12. The Bertz CT molecular complexity index is 382. The summed E-state index contributed by atoms with van der Waals surface area (Å²) in [6.07, 6.45) is 6.35. The number of ether oxygens (including phenoxy) is 1. The molecule has 3 nitrogen and oxygen atoms in total. The summed E-state index contributed by atoms with van der Waals surface area (Å²) in [5.74, 6) is 1.81. The molecule has 0 saturated heterocycles. The van der Waals surface area contributed by atoms with Gasteiger partial charge in [0.2, 0.25) is 0 Å². The number of hydrogen-bond acceptors (Lipinski definition) is 3. The molecule has 0 aliphatic heterocycles. The zero-order valence-corrected chi connectivity index (χ0v) is 12.8. The van der Waals surface area contributed by atoms with Crippen LogP contribution in [0.25, 0.3) is 0 Å². The molecule has 20 heavy (non-hydrogen) atoms. The maximum atomic E-state index is 5.71. The predicted molar refractivity (Wildman–Crippen MR) is 85.4 cm³/mol. The lowest BCUT2D eigenvalue weighted by Gasteiger charge is -2.38. The topological polar surface area (TPSA) is 38.5 Å². The lowest BCUT2D eigenvalue weighted by molar-refractivity contribution is 0.333. The van der Waals surface area contributed by atoms with Gasteiger partial charge in [-0.1, -0.05) is 6.92 Å². The minimum atomic E-state index is 0.672. The van der Waals surface area contributed by atoms with E-state index in [1.165, 1.54) is 31.4 Å². The molecule has 1 aliphatic rings. The Labute approximate surface area is 123 Å². The molecule has 3 heteroatoms. The molecule has 0 bridgehead atoms. The maximum Gasteiger partial charge on any atom is 0.119 e. The Hall–Kier alpha value is -1.22. The van der Waals surface area contributed by atoms with Gasteiger partial charge in [0.05, 0.1) is 7.11 Å². The van der Waals surface area contributed by atoms with E-state index in [0.29, 0.717) is 6.04 Å². The number of benzene rings is 1. The molecule has 1 aliphatic carbocycles. The molecule has 0 radical (unpaired) electrons. The average molecular weight is 276 g/mol. The maximum absolute atomic E-state index is 5.71. The van der Waals surface area contributed by atoms with Gasteiger partial charge in [0.15, 0.2) is 0 Å². The standard InChI is InChI=1S/C17H28N2O/c1-14-4-6-15(7-5-14)19(13-3-12-18)16-8-10-17(20-2)11-9-16/h8-11,14-15H,3-7,12-13,18H2,1-2H3. The summed E-state index contributed by atoms with van der Waals surface area (Å²) in [7, 11) is 1.71. The Morgan fingerprint density at radius 1 is 1.15 bits per heavy atom. The van der Waals surface area contributed by atoms with Crippen LogP contribution >= 0.6 is 0 Å². The van der Waals surface area contributed by atoms with Gasteiger partial charge in [0.25, 0.3) is 0 Å². The number of nitrogens with zero attached hydrogens (tertiary/aromatic N) is 1. The van der Waals surface area contributed by atoms with E-state index in [9.17, 15) is 0 Å². The molecule has 1 fully saturated rings. The van der Waals surface area contributed by atoms with Crippen LogP contribution in [0.15, 0.2) is 24.3 Å². The first kappa shape index (κ1) is 15.2. The summed E-state index contributed by atoms with van der Waals surface area (Å²) in [5.41, 5.74) is 7.01. The third kappa shape index (κ3) is 3.89. The number of anilines is 1. The van der Waals surface area contributed by atoms with Crippen molar-refractivity contribution in [1.82, 2.24) is 0 Å². The van der Waals surface area contributed by atoms with E-state index >= 15 is 0 Å². The Kier molecular flexibility index (Phi) is 5.72. The van der Waals surface area contributed by atoms with Crippen LogP contribution in [-0.2, 0) is 0 Å². The molecule has 2 N–H and O–H groups in total. The summed E-state index contributed by atoms with van der Waals surface area (Å²) < 4.78 is 5.25. The lowest BCUT2D eigenvalue weighted by Crippen LogP contribution is -2.39. The minimum Gasteiger partial charge on any atom is -0.497 e. The van der Waals surface area contributed by atoms with Crippen molar-refractivity contribution in [3.63, 3.8) is 0 Å². The Morgan fingerprint density at radius 3 is 2.35 bits per heavy atom. The highest BCUT2D eigenvalue weighted by atomic mass is 16.5. The van der Waals surface area contributed by atoms with Gasteiger partial charge in [-0.2, -0.15) is 0 Å². The largest absolute Gasteiger partial charge is 0.497 e. The molecule has 0 unspecified atom stereocenters. The van der Waals surface area contributed by atoms with Crippen LogP contribution in [0, 0.1) is 5.92 Å². The van der Waals surface area contributed by atoms with Crippen LogP contribution in [-0.4, -0.2) is 26.2 Å². The van der Waals surface area contributed by atoms with Crippen LogP contribution in [0.3, 0.4) is 0 Å². The molecule has 1 aromatic rings. The fourth-order valence-corrected chi connectivity index (χ4v) is 3.11. The lowest BCUT2D eigenvalue weighted by atomic mass is 9.86. The van der Waals surface area contributed by atoms with Gasteiger partial charge in [-0.25, -0.2) is 0 Å². The van der Waals surface area contributed by atoms with Crippen molar-refractivity contribution in [2.24, 2.45) is 11.7 Å². The fourth-order valence-electron chi connectivity index (χ4n) is 3.11. The van der Waals surface area contributed by atoms with Crippen molar-refractivity contribution in [3.05, 3.63) is 24.3 Å². The van der Waals surface area contributed by atoms with Crippen LogP contribution in [0.5, 0.6) is 5.75 Å². The predicted octanol–water partition coefficient (Wildman–Crippen LogP) is 3.43. The van der Waals surface area contributed by atoms with Crippen LogP contribution in [0.4, 0.5) is 5.69 Å². The van der Waals surface area contributed by atoms with E-state index in [-0.39, 0.29) is 0 Å². The zero-order chi connectivity index (χ0) is 14.4. The molecule has 0 amide bonds. The summed E-state index contributed by atoms with van der Waals surface area (Å²) in [4.78, 5) is 2.55. The molecular formula is C17H28N2O. The van der Waals surface area contributed by atoms with Gasteiger partial charge in [-0.3, -0.25) is 0 Å². The Morgan fingerprint density at radius 2 is 1.80 bits per heavy atom. The highest BCUT2D eigenvalue weighted by molar-refractivity contribution is 5.50. The molecule has 0 heterocycles. The molecular weight excluding hydrogens is 248 g/mol. The molecule has 1 saturated carbocycles. The van der Waals surface area contributed by atoms with E-state index in [2.05, 4.69) is 36.1 Å². The minimum absolute atomic E-state index is 0.672. The van der Waals surface area contributed by atoms with Gasteiger partial charge < -0.3 is 15.4 Å². The molecule has 112 valence electrons. The van der Waals surface area contributed by atoms with Gasteiger partial charge in [0, 0.05) is 18.3 Å². The third-order valence-electron chi connectivity index (χ3n) is 4.43. The van der Waals surface area contributed by atoms with Crippen molar-refractivity contribution >= 4 is 5.69 Å². The summed E-state index contributed by atoms with van der Waals surface area (Å²) in [5, 5.41) is 0. The molecule has 0 spiro atoms. The molecule has 0 aromatic heterocycles. The number of methoxy groups -OCH3 is 1. The average Bonchev–Trinajstić information content (AvgIpc) is 2.50. The second kappa shape index (κ2) is 7.53. The van der Waals surface area contributed by atoms with Gasteiger partial charge in [-0.15, -0.1) is 0 Å². The normalized spacial score (nSPS) is 22.6. The third-order valence-corrected chi connectivity index (χ3v) is 4.43. The number of hydrogen-bond donors (Lipinski definition) is 1. The second-order valence-corrected chi connectivity index (χ2v) is 5.95. The van der Waals surface area contributed by atoms with Crippen LogP contribution < -0.4 is 15.4 Å². The smallest absolute Gasteiger partial charge is 0.119 e. The molecule has 0 atom stereocenters. The first-order valence-electron chi connectivity index (χ1n) is 7.85.